The fourth-order valence-corrected chi connectivity index (χ4v) is 4.36. The van der Waals surface area contributed by atoms with Crippen LogP contribution in [-0.2, 0) is 28.0 Å². The molecule has 2 aromatic carbocycles. The molecular weight excluding hydrogens is 491 g/mol. The zero-order valence-corrected chi connectivity index (χ0v) is 21.3. The normalized spacial score (nSPS) is 16.3. The van der Waals surface area contributed by atoms with Crippen LogP contribution in [-0.4, -0.2) is 33.6 Å². The maximum Gasteiger partial charge on any atom is 0.408 e. The minimum Gasteiger partial charge on any atom is -0.505 e. The van der Waals surface area contributed by atoms with E-state index in [9.17, 15) is 23.9 Å². The summed E-state index contributed by atoms with van der Waals surface area (Å²) in [4.78, 5) is 42.4. The van der Waals surface area contributed by atoms with Crippen LogP contribution >= 0.6 is 0 Å². The Balaban J connectivity index is 1.47. The fraction of sp³-hybridized carbons (Fsp3) is 0.286. The van der Waals surface area contributed by atoms with Crippen LogP contribution in [0, 0.1) is 5.82 Å². The smallest absolute Gasteiger partial charge is 0.408 e. The molecule has 0 fully saturated rings. The first-order valence-corrected chi connectivity index (χ1v) is 12.1. The van der Waals surface area contributed by atoms with E-state index in [1.807, 2.05) is 0 Å². The summed E-state index contributed by atoms with van der Waals surface area (Å²) in [7, 11) is 0. The van der Waals surface area contributed by atoms with Gasteiger partial charge in [-0.05, 0) is 80.6 Å². The van der Waals surface area contributed by atoms with Gasteiger partial charge in [0, 0.05) is 18.4 Å². The lowest BCUT2D eigenvalue weighted by molar-refractivity contribution is -0.128. The SMILES string of the molecule is CC(C)(C)OC(=O)NC1(C(=O)NCc2ccc(NC(=O)c3ncccc3O)cc2)CCc2c(F)cccc21. The summed E-state index contributed by atoms with van der Waals surface area (Å²) in [6, 6.07) is 14.1. The molecule has 0 spiro atoms. The summed E-state index contributed by atoms with van der Waals surface area (Å²) in [6.45, 7) is 5.27. The Morgan fingerprint density at radius 1 is 1.08 bits per heavy atom. The molecule has 10 heteroatoms. The standard InChI is InChI=1S/C28H29FN4O5/c1-27(2,3)38-26(37)33-28(14-13-19-20(28)6-4-7-21(19)29)25(36)31-16-17-9-11-18(12-10-17)32-24(35)23-22(34)8-5-15-30-23/h4-12,15,34H,13-14,16H2,1-3H3,(H,31,36)(H,32,35)(H,33,37). The summed E-state index contributed by atoms with van der Waals surface area (Å²) in [5, 5.41) is 18.0. The van der Waals surface area contributed by atoms with Gasteiger partial charge in [0.1, 0.15) is 22.7 Å². The lowest BCUT2D eigenvalue weighted by atomic mass is 9.90. The number of amides is 3. The summed E-state index contributed by atoms with van der Waals surface area (Å²) in [6.07, 6.45) is 1.09. The molecule has 3 aromatic rings. The Morgan fingerprint density at radius 3 is 2.50 bits per heavy atom. The molecule has 1 aromatic heterocycles. The zero-order chi connectivity index (χ0) is 27.5. The predicted molar refractivity (Wildman–Crippen MR) is 138 cm³/mol. The number of alkyl carbamates (subject to hydrolysis) is 1. The maximum absolute atomic E-state index is 14.5. The average molecular weight is 521 g/mol. The molecule has 0 saturated carbocycles. The van der Waals surface area contributed by atoms with Gasteiger partial charge in [-0.3, -0.25) is 9.59 Å². The number of nitrogens with one attached hydrogen (secondary N) is 3. The third-order valence-corrected chi connectivity index (χ3v) is 6.10. The van der Waals surface area contributed by atoms with Gasteiger partial charge in [0.05, 0.1) is 0 Å². The quantitative estimate of drug-likeness (QED) is 0.386. The molecule has 9 nitrogen and oxygen atoms in total. The monoisotopic (exact) mass is 520 g/mol. The number of benzene rings is 2. The largest absolute Gasteiger partial charge is 0.505 e. The summed E-state index contributed by atoms with van der Waals surface area (Å²) in [5.41, 5.74) is -0.384. The van der Waals surface area contributed by atoms with Crippen molar-refractivity contribution in [2.24, 2.45) is 0 Å². The Labute approximate surface area is 219 Å². The third-order valence-electron chi connectivity index (χ3n) is 6.10. The highest BCUT2D eigenvalue weighted by Crippen LogP contribution is 2.39. The predicted octanol–water partition coefficient (Wildman–Crippen LogP) is 4.16. The Bertz CT molecular complexity index is 1370. The lowest BCUT2D eigenvalue weighted by Gasteiger charge is -2.31. The first kappa shape index (κ1) is 26.6. The van der Waals surface area contributed by atoms with E-state index in [4.69, 9.17) is 4.74 Å². The number of ether oxygens (including phenoxy) is 1. The van der Waals surface area contributed by atoms with Crippen molar-refractivity contribution < 1.29 is 28.6 Å². The first-order valence-electron chi connectivity index (χ1n) is 12.1. The van der Waals surface area contributed by atoms with Crippen molar-refractivity contribution in [1.82, 2.24) is 15.6 Å². The van der Waals surface area contributed by atoms with Gasteiger partial charge in [-0.2, -0.15) is 0 Å². The van der Waals surface area contributed by atoms with Crippen LogP contribution in [0.3, 0.4) is 0 Å². The summed E-state index contributed by atoms with van der Waals surface area (Å²) < 4.78 is 19.9. The van der Waals surface area contributed by atoms with Gasteiger partial charge in [0.25, 0.3) is 11.8 Å². The van der Waals surface area contributed by atoms with Crippen molar-refractivity contribution in [3.63, 3.8) is 0 Å². The van der Waals surface area contributed by atoms with Gasteiger partial charge < -0.3 is 25.8 Å². The van der Waals surface area contributed by atoms with Crippen LogP contribution in [0.5, 0.6) is 5.75 Å². The highest BCUT2D eigenvalue weighted by molar-refractivity contribution is 6.04. The number of pyridine rings is 1. The number of hydrogen-bond acceptors (Lipinski definition) is 6. The van der Waals surface area contributed by atoms with E-state index in [2.05, 4.69) is 20.9 Å². The number of aromatic nitrogens is 1. The highest BCUT2D eigenvalue weighted by Gasteiger charge is 2.48. The lowest BCUT2D eigenvalue weighted by Crippen LogP contribution is -2.55. The van der Waals surface area contributed by atoms with Crippen molar-refractivity contribution in [3.8, 4) is 5.75 Å². The number of hydrogen-bond donors (Lipinski definition) is 4. The number of rotatable bonds is 6. The second-order valence-corrected chi connectivity index (χ2v) is 10.0. The molecule has 0 bridgehead atoms. The Kier molecular flexibility index (Phi) is 7.34. The molecule has 1 atom stereocenters. The average Bonchev–Trinajstić information content (AvgIpc) is 3.23. The molecule has 4 rings (SSSR count). The van der Waals surface area contributed by atoms with Crippen molar-refractivity contribution in [1.29, 1.82) is 0 Å². The van der Waals surface area contributed by atoms with Gasteiger partial charge in [0.2, 0.25) is 0 Å². The van der Waals surface area contributed by atoms with Gasteiger partial charge in [-0.15, -0.1) is 0 Å². The van der Waals surface area contributed by atoms with E-state index in [1.165, 1.54) is 30.5 Å². The van der Waals surface area contributed by atoms with E-state index < -0.39 is 34.9 Å². The second-order valence-electron chi connectivity index (χ2n) is 10.0. The van der Waals surface area contributed by atoms with Crippen molar-refractivity contribution in [3.05, 3.63) is 89.0 Å². The van der Waals surface area contributed by atoms with Crippen molar-refractivity contribution in [2.45, 2.75) is 51.3 Å². The molecule has 0 saturated heterocycles. The number of aromatic hydroxyl groups is 1. The molecule has 4 N–H and O–H groups in total. The van der Waals surface area contributed by atoms with E-state index in [0.717, 1.165) is 5.56 Å². The van der Waals surface area contributed by atoms with Crippen LogP contribution < -0.4 is 16.0 Å². The molecule has 1 unspecified atom stereocenters. The molecular formula is C28H29FN4O5. The number of fused-ring (bicyclic) bond motifs is 1. The fourth-order valence-electron chi connectivity index (χ4n) is 4.36. The number of anilines is 1. The van der Waals surface area contributed by atoms with Crippen LogP contribution in [0.4, 0.5) is 14.9 Å². The zero-order valence-electron chi connectivity index (χ0n) is 21.3. The molecule has 1 aliphatic rings. The summed E-state index contributed by atoms with van der Waals surface area (Å²) in [5.74, 6) is -1.71. The van der Waals surface area contributed by atoms with E-state index in [1.54, 1.807) is 51.1 Å². The van der Waals surface area contributed by atoms with E-state index >= 15 is 0 Å². The molecule has 198 valence electrons. The molecule has 3 amide bonds. The highest BCUT2D eigenvalue weighted by atomic mass is 19.1. The molecule has 0 aliphatic heterocycles. The van der Waals surface area contributed by atoms with Crippen LogP contribution in [0.2, 0.25) is 0 Å². The van der Waals surface area contributed by atoms with Crippen molar-refractivity contribution >= 4 is 23.6 Å². The maximum atomic E-state index is 14.5. The molecule has 1 heterocycles. The van der Waals surface area contributed by atoms with Crippen molar-refractivity contribution in [2.75, 3.05) is 5.32 Å². The molecule has 38 heavy (non-hydrogen) atoms. The van der Waals surface area contributed by atoms with Gasteiger partial charge in [-0.1, -0.05) is 24.3 Å². The minimum atomic E-state index is -1.49. The Hall–Kier alpha value is -4.47. The number of halogens is 1. The Morgan fingerprint density at radius 2 is 1.82 bits per heavy atom. The van der Waals surface area contributed by atoms with Crippen LogP contribution in [0.25, 0.3) is 0 Å². The van der Waals surface area contributed by atoms with Crippen LogP contribution in [0.1, 0.15) is 54.4 Å². The minimum absolute atomic E-state index is 0.0973. The van der Waals surface area contributed by atoms with Gasteiger partial charge >= 0.3 is 6.09 Å². The third kappa shape index (κ3) is 5.74. The summed E-state index contributed by atoms with van der Waals surface area (Å²) >= 11 is 0. The first-order chi connectivity index (χ1) is 18.0. The molecule has 1 aliphatic carbocycles. The topological polar surface area (TPSA) is 130 Å². The second kappa shape index (κ2) is 10.5. The number of carbonyl (C=O) groups is 3. The van der Waals surface area contributed by atoms with E-state index in [-0.39, 0.29) is 30.8 Å². The van der Waals surface area contributed by atoms with Gasteiger partial charge in [0.15, 0.2) is 5.69 Å². The van der Waals surface area contributed by atoms with E-state index in [0.29, 0.717) is 16.8 Å². The molecule has 0 radical (unpaired) electrons. The van der Waals surface area contributed by atoms with Crippen LogP contribution in [0.15, 0.2) is 60.8 Å². The number of nitrogens with zero attached hydrogens (tertiary/aromatic N) is 1. The number of carbonyl (C=O) groups excluding carboxylic acids is 3. The van der Waals surface area contributed by atoms with Gasteiger partial charge in [-0.25, -0.2) is 14.2 Å².